The van der Waals surface area contributed by atoms with E-state index in [2.05, 4.69) is 15.4 Å². The zero-order valence-corrected chi connectivity index (χ0v) is 34.4. The Balaban J connectivity index is 1.15. The minimum atomic E-state index is -3.99. The number of alkyl carbamates (subject to hydrolysis) is 1. The van der Waals surface area contributed by atoms with Gasteiger partial charge in [0.1, 0.15) is 40.3 Å². The number of aromatic nitrogens is 1. The maximum atomic E-state index is 14.9. The number of rotatable bonds is 7. The Morgan fingerprint density at radius 1 is 1.05 bits per heavy atom. The molecule has 3 saturated carbocycles. The van der Waals surface area contributed by atoms with E-state index in [0.29, 0.717) is 56.4 Å². The lowest BCUT2D eigenvalue weighted by Crippen LogP contribution is -2.58. The molecule has 14 nitrogen and oxygen atoms in total. The predicted octanol–water partition coefficient (Wildman–Crippen LogP) is 5.07. The highest BCUT2D eigenvalue weighted by Crippen LogP contribution is 2.50. The summed E-state index contributed by atoms with van der Waals surface area (Å²) in [5, 5.41) is 6.73. The molecule has 3 aliphatic heterocycles. The van der Waals surface area contributed by atoms with Gasteiger partial charge in [-0.2, -0.15) is 0 Å². The van der Waals surface area contributed by atoms with Crippen molar-refractivity contribution in [2.45, 2.75) is 151 Å². The number of methoxy groups -OCH3 is 1. The summed E-state index contributed by atoms with van der Waals surface area (Å²) in [6.45, 7) is 7.61. The highest BCUT2D eigenvalue weighted by Gasteiger charge is 2.64. The number of hydrogen-bond donors (Lipinski definition) is 3. The maximum absolute atomic E-state index is 14.9. The van der Waals surface area contributed by atoms with Gasteiger partial charge < -0.3 is 29.7 Å². The fourth-order valence-electron chi connectivity index (χ4n) is 8.73. The van der Waals surface area contributed by atoms with Crippen molar-refractivity contribution in [1.29, 1.82) is 0 Å². The molecule has 1 aromatic carbocycles. The molecule has 0 radical (unpaired) electrons. The lowest BCUT2D eigenvalue weighted by molar-refractivity contribution is -0.141. The molecule has 3 aliphatic carbocycles. The standard InChI is InChI=1S/C42H55N5O9S/c1-25(2)33-34-28(29-21-27(54-5)13-14-30(29)43-33)15-16-41(55-34)23-32-35(48)45-42(37(50)46-57(52,53)40(4)19-20-40)22-26(42)11-9-7-6-8-10-12-31(36(49)47(32)24-41)44-38(51)56-39(3)17-18-39/h9,11,13-14,21,25-26,31-32H,6-8,10,12,15-20,22-24H2,1-5H3,(H,44,51)(H,45,48)(H,46,50)/b11-9-/t26-,31+,32+,41-,42-/m1/s1. The van der Waals surface area contributed by atoms with Crippen LogP contribution in [0.1, 0.15) is 122 Å². The molecule has 57 heavy (non-hydrogen) atoms. The zero-order chi connectivity index (χ0) is 40.5. The van der Waals surface area contributed by atoms with Gasteiger partial charge in [0.25, 0.3) is 5.91 Å². The van der Waals surface area contributed by atoms with Crippen molar-refractivity contribution in [2.75, 3.05) is 13.7 Å². The van der Waals surface area contributed by atoms with Crippen molar-refractivity contribution < 1.29 is 41.8 Å². The van der Waals surface area contributed by atoms with Gasteiger partial charge in [-0.05, 0) is 102 Å². The number of benzene rings is 1. The largest absolute Gasteiger partial charge is 0.497 e. The molecule has 0 bridgehead atoms. The topological polar surface area (TPSA) is 182 Å². The molecule has 4 amide bonds. The van der Waals surface area contributed by atoms with E-state index >= 15 is 0 Å². The molecule has 5 atom stereocenters. The van der Waals surface area contributed by atoms with Crippen LogP contribution in [0.4, 0.5) is 4.79 Å². The van der Waals surface area contributed by atoms with Crippen LogP contribution in [0, 0.1) is 5.92 Å². The molecule has 1 spiro atoms. The van der Waals surface area contributed by atoms with Gasteiger partial charge in [0.15, 0.2) is 0 Å². The average Bonchev–Trinajstić information content (AvgIpc) is 4.13. The summed E-state index contributed by atoms with van der Waals surface area (Å²) in [7, 11) is -2.38. The molecule has 308 valence electrons. The second-order valence-corrected chi connectivity index (χ2v) is 20.3. The molecular weight excluding hydrogens is 751 g/mol. The minimum absolute atomic E-state index is 0.00230. The summed E-state index contributed by atoms with van der Waals surface area (Å²) in [4.78, 5) is 63.3. The van der Waals surface area contributed by atoms with E-state index in [9.17, 15) is 27.6 Å². The molecule has 1 aromatic heterocycles. The second kappa shape index (κ2) is 14.2. The lowest BCUT2D eigenvalue weighted by atomic mass is 9.86. The fraction of sp³-hybridized carbons (Fsp3) is 0.643. The minimum Gasteiger partial charge on any atom is -0.497 e. The number of ether oxygens (including phenoxy) is 3. The van der Waals surface area contributed by atoms with Crippen LogP contribution in [0.3, 0.4) is 0 Å². The number of hydrogen-bond acceptors (Lipinski definition) is 10. The highest BCUT2D eigenvalue weighted by molar-refractivity contribution is 7.91. The molecular formula is C42H55N5O9S. The molecule has 15 heteroatoms. The number of nitrogens with zero attached hydrogens (tertiary/aromatic N) is 2. The van der Waals surface area contributed by atoms with E-state index in [4.69, 9.17) is 19.2 Å². The number of fused-ring (bicyclic) bond motifs is 5. The molecule has 4 heterocycles. The van der Waals surface area contributed by atoms with Crippen LogP contribution in [-0.2, 0) is 35.6 Å². The molecule has 6 aliphatic rings. The highest BCUT2D eigenvalue weighted by atomic mass is 32.2. The Morgan fingerprint density at radius 2 is 1.82 bits per heavy atom. The Bertz CT molecular complexity index is 2150. The molecule has 3 N–H and O–H groups in total. The van der Waals surface area contributed by atoms with Gasteiger partial charge in [-0.15, -0.1) is 0 Å². The monoisotopic (exact) mass is 805 g/mol. The van der Waals surface area contributed by atoms with E-state index in [1.807, 2.05) is 51.1 Å². The molecule has 8 rings (SSSR count). The summed E-state index contributed by atoms with van der Waals surface area (Å²) in [6.07, 6.45) is 10.2. The Labute approximate surface area is 334 Å². The number of carbonyl (C=O) groups excluding carboxylic acids is 4. The van der Waals surface area contributed by atoms with Crippen molar-refractivity contribution in [1.82, 2.24) is 25.2 Å². The SMILES string of the molecule is COc1ccc2nc(C(C)C)c3c(c2c1)CC[C@]1(C[C@H]2C(=O)N[C@]4(C(=O)NS(=O)(=O)C5(C)CC5)C[C@H]4/C=C\CCCCC[C@H](NC(=O)OC4(C)CC4)C(=O)N2C1)O3. The van der Waals surface area contributed by atoms with Gasteiger partial charge in [-0.3, -0.25) is 19.1 Å². The van der Waals surface area contributed by atoms with Crippen LogP contribution < -0.4 is 24.8 Å². The van der Waals surface area contributed by atoms with Crippen LogP contribution in [0.5, 0.6) is 11.5 Å². The number of pyridine rings is 1. The molecule has 1 saturated heterocycles. The summed E-state index contributed by atoms with van der Waals surface area (Å²) < 4.78 is 46.1. The lowest BCUT2D eigenvalue weighted by Gasteiger charge is -2.37. The molecule has 2 aromatic rings. The number of aryl methyl sites for hydroxylation is 1. The number of nitrogens with one attached hydrogen (secondary N) is 3. The van der Waals surface area contributed by atoms with Crippen LogP contribution in [0.15, 0.2) is 30.4 Å². The summed E-state index contributed by atoms with van der Waals surface area (Å²) >= 11 is 0. The van der Waals surface area contributed by atoms with Gasteiger partial charge in [-0.25, -0.2) is 18.2 Å². The second-order valence-electron chi connectivity index (χ2n) is 18.1. The van der Waals surface area contributed by atoms with Crippen molar-refractivity contribution in [3.05, 3.63) is 41.6 Å². The fourth-order valence-corrected chi connectivity index (χ4v) is 10.0. The van der Waals surface area contributed by atoms with E-state index in [0.717, 1.165) is 47.8 Å². The van der Waals surface area contributed by atoms with Gasteiger partial charge >= 0.3 is 6.09 Å². The van der Waals surface area contributed by atoms with Crippen molar-refractivity contribution in [3.63, 3.8) is 0 Å². The Kier molecular flexibility index (Phi) is 9.79. The first kappa shape index (κ1) is 39.4. The number of carbonyl (C=O) groups is 4. The third-order valence-corrected chi connectivity index (χ3v) is 15.3. The van der Waals surface area contributed by atoms with Crippen LogP contribution >= 0.6 is 0 Å². The predicted molar refractivity (Wildman–Crippen MR) is 211 cm³/mol. The average molecular weight is 806 g/mol. The summed E-state index contributed by atoms with van der Waals surface area (Å²) in [6, 6.07) is 3.71. The molecule has 4 fully saturated rings. The van der Waals surface area contributed by atoms with Crippen LogP contribution in [0.25, 0.3) is 10.9 Å². The smallest absolute Gasteiger partial charge is 0.408 e. The van der Waals surface area contributed by atoms with E-state index in [-0.39, 0.29) is 25.3 Å². The first-order chi connectivity index (χ1) is 27.0. The third-order valence-electron chi connectivity index (χ3n) is 13.2. The summed E-state index contributed by atoms with van der Waals surface area (Å²) in [5.41, 5.74) is -0.488. The van der Waals surface area contributed by atoms with E-state index in [1.165, 1.54) is 4.90 Å². The quantitative estimate of drug-likeness (QED) is 0.320. The Hall–Kier alpha value is -4.40. The summed E-state index contributed by atoms with van der Waals surface area (Å²) in [5.74, 6) is -0.902. The zero-order valence-electron chi connectivity index (χ0n) is 33.6. The van der Waals surface area contributed by atoms with E-state index < -0.39 is 73.3 Å². The van der Waals surface area contributed by atoms with Gasteiger partial charge in [-0.1, -0.05) is 38.8 Å². The third kappa shape index (κ3) is 7.44. The number of allylic oxidation sites excluding steroid dienone is 1. The van der Waals surface area contributed by atoms with Crippen molar-refractivity contribution in [2.24, 2.45) is 5.92 Å². The molecule has 0 unspecified atom stereocenters. The van der Waals surface area contributed by atoms with Crippen LogP contribution in [0.2, 0.25) is 0 Å². The first-order valence-corrected chi connectivity index (χ1v) is 22.0. The van der Waals surface area contributed by atoms with Gasteiger partial charge in [0.05, 0.1) is 29.6 Å². The van der Waals surface area contributed by atoms with Crippen LogP contribution in [-0.4, -0.2) is 89.3 Å². The van der Waals surface area contributed by atoms with Gasteiger partial charge in [0, 0.05) is 23.3 Å². The maximum Gasteiger partial charge on any atom is 0.408 e. The Morgan fingerprint density at radius 3 is 2.53 bits per heavy atom. The number of amides is 4. The normalized spacial score (nSPS) is 30.7. The number of sulfonamides is 1. The van der Waals surface area contributed by atoms with E-state index in [1.54, 1.807) is 14.0 Å². The first-order valence-electron chi connectivity index (χ1n) is 20.5. The van der Waals surface area contributed by atoms with Gasteiger partial charge in [0.2, 0.25) is 21.8 Å². The van der Waals surface area contributed by atoms with Crippen molar-refractivity contribution in [3.8, 4) is 11.5 Å². The van der Waals surface area contributed by atoms with Crippen molar-refractivity contribution >= 4 is 44.7 Å².